The molecule has 2 aromatic carbocycles. The van der Waals surface area contributed by atoms with Crippen molar-refractivity contribution in [2.24, 2.45) is 0 Å². The fourth-order valence-corrected chi connectivity index (χ4v) is 3.65. The standard InChI is InChI=1S/C24H22N4O4S/c1-30-13-14-31-21-15-19(7-8-20(21)32-16-17-5-3-2-4-6-17)22(29)26-24-28-27-23(33-24)18-9-11-25-12-10-18/h2-12,15H,13-14,16H2,1H3,(H,26,28,29). The SMILES string of the molecule is COCCOc1cc(C(=O)Nc2nnc(-c3ccncc3)s2)ccc1OCc1ccccc1. The lowest BCUT2D eigenvalue weighted by atomic mass is 10.2. The molecule has 0 fully saturated rings. The van der Waals surface area contributed by atoms with Gasteiger partial charge in [0, 0.05) is 30.6 Å². The first-order valence-electron chi connectivity index (χ1n) is 10.2. The first-order chi connectivity index (χ1) is 16.2. The summed E-state index contributed by atoms with van der Waals surface area (Å²) in [7, 11) is 1.60. The van der Waals surface area contributed by atoms with Crippen molar-refractivity contribution in [3.05, 3.63) is 84.2 Å². The zero-order valence-electron chi connectivity index (χ0n) is 17.9. The summed E-state index contributed by atoms with van der Waals surface area (Å²) >= 11 is 1.28. The van der Waals surface area contributed by atoms with Crippen molar-refractivity contribution in [1.29, 1.82) is 0 Å². The summed E-state index contributed by atoms with van der Waals surface area (Å²) in [6.07, 6.45) is 3.36. The van der Waals surface area contributed by atoms with Gasteiger partial charge in [-0.05, 0) is 35.9 Å². The van der Waals surface area contributed by atoms with Gasteiger partial charge >= 0.3 is 0 Å². The molecule has 4 aromatic rings. The molecule has 0 bridgehead atoms. The molecule has 1 amide bonds. The van der Waals surface area contributed by atoms with Gasteiger partial charge in [-0.25, -0.2) is 0 Å². The molecule has 168 valence electrons. The molecular weight excluding hydrogens is 440 g/mol. The number of carbonyl (C=O) groups is 1. The zero-order valence-corrected chi connectivity index (χ0v) is 18.7. The Hall–Kier alpha value is -3.82. The molecule has 0 aliphatic rings. The van der Waals surface area contributed by atoms with Crippen LogP contribution in [0.2, 0.25) is 0 Å². The third-order valence-electron chi connectivity index (χ3n) is 4.56. The van der Waals surface area contributed by atoms with E-state index in [2.05, 4.69) is 20.5 Å². The quantitative estimate of drug-likeness (QED) is 0.348. The molecule has 2 heterocycles. The molecule has 1 N–H and O–H groups in total. The van der Waals surface area contributed by atoms with E-state index in [-0.39, 0.29) is 5.91 Å². The molecule has 0 spiro atoms. The van der Waals surface area contributed by atoms with E-state index in [0.29, 0.717) is 47.0 Å². The third-order valence-corrected chi connectivity index (χ3v) is 5.45. The first-order valence-corrected chi connectivity index (χ1v) is 11.0. The van der Waals surface area contributed by atoms with Gasteiger partial charge in [0.25, 0.3) is 5.91 Å². The molecule has 8 nitrogen and oxygen atoms in total. The number of rotatable bonds is 10. The van der Waals surface area contributed by atoms with E-state index in [1.165, 1.54) is 11.3 Å². The largest absolute Gasteiger partial charge is 0.487 e. The maximum atomic E-state index is 12.8. The molecule has 0 radical (unpaired) electrons. The van der Waals surface area contributed by atoms with E-state index in [0.717, 1.165) is 11.1 Å². The Bertz CT molecular complexity index is 1190. The highest BCUT2D eigenvalue weighted by Crippen LogP contribution is 2.30. The van der Waals surface area contributed by atoms with Crippen molar-refractivity contribution in [2.75, 3.05) is 25.6 Å². The van der Waals surface area contributed by atoms with Crippen molar-refractivity contribution in [3.8, 4) is 22.1 Å². The number of benzene rings is 2. The van der Waals surface area contributed by atoms with Gasteiger partial charge in [-0.2, -0.15) is 0 Å². The summed E-state index contributed by atoms with van der Waals surface area (Å²) in [5.41, 5.74) is 2.33. The molecule has 0 saturated carbocycles. The molecule has 0 saturated heterocycles. The van der Waals surface area contributed by atoms with Gasteiger partial charge in [0.2, 0.25) is 5.13 Å². The Morgan fingerprint density at radius 3 is 2.55 bits per heavy atom. The number of amides is 1. The van der Waals surface area contributed by atoms with Crippen LogP contribution in [0.3, 0.4) is 0 Å². The summed E-state index contributed by atoms with van der Waals surface area (Å²) < 4.78 is 16.8. The highest BCUT2D eigenvalue weighted by atomic mass is 32.1. The Balaban J connectivity index is 1.47. The van der Waals surface area contributed by atoms with Crippen LogP contribution in [0.15, 0.2) is 73.1 Å². The maximum absolute atomic E-state index is 12.8. The van der Waals surface area contributed by atoms with Gasteiger partial charge in [-0.3, -0.25) is 15.1 Å². The molecule has 2 aromatic heterocycles. The molecular formula is C24H22N4O4S. The molecule has 33 heavy (non-hydrogen) atoms. The van der Waals surface area contributed by atoms with E-state index in [9.17, 15) is 4.79 Å². The summed E-state index contributed by atoms with van der Waals surface area (Å²) in [6.45, 7) is 1.13. The van der Waals surface area contributed by atoms with Crippen LogP contribution in [-0.2, 0) is 11.3 Å². The average molecular weight is 463 g/mol. The van der Waals surface area contributed by atoms with Gasteiger partial charge in [0.15, 0.2) is 11.5 Å². The van der Waals surface area contributed by atoms with Crippen LogP contribution in [0.4, 0.5) is 5.13 Å². The molecule has 9 heteroatoms. The van der Waals surface area contributed by atoms with Gasteiger partial charge in [0.05, 0.1) is 6.61 Å². The molecule has 4 rings (SSSR count). The second-order valence-electron chi connectivity index (χ2n) is 6.88. The molecule has 0 aliphatic heterocycles. The highest BCUT2D eigenvalue weighted by molar-refractivity contribution is 7.18. The molecule has 0 unspecified atom stereocenters. The van der Waals surface area contributed by atoms with E-state index >= 15 is 0 Å². The number of ether oxygens (including phenoxy) is 3. The topological polar surface area (TPSA) is 95.5 Å². The van der Waals surface area contributed by atoms with Crippen molar-refractivity contribution in [2.45, 2.75) is 6.61 Å². The third kappa shape index (κ3) is 6.12. The fourth-order valence-electron chi connectivity index (χ4n) is 2.91. The smallest absolute Gasteiger partial charge is 0.257 e. The predicted octanol–water partition coefficient (Wildman–Crippen LogP) is 4.46. The highest BCUT2D eigenvalue weighted by Gasteiger charge is 2.15. The number of nitrogens with one attached hydrogen (secondary N) is 1. The molecule has 0 atom stereocenters. The van der Waals surface area contributed by atoms with Crippen LogP contribution >= 0.6 is 11.3 Å². The first kappa shape index (κ1) is 22.4. The summed E-state index contributed by atoms with van der Waals surface area (Å²) in [5.74, 6) is 0.686. The summed E-state index contributed by atoms with van der Waals surface area (Å²) in [6, 6.07) is 18.6. The number of aromatic nitrogens is 3. The van der Waals surface area contributed by atoms with Gasteiger partial charge in [-0.15, -0.1) is 10.2 Å². The van der Waals surface area contributed by atoms with Crippen molar-refractivity contribution >= 4 is 22.4 Å². The normalized spacial score (nSPS) is 10.6. The monoisotopic (exact) mass is 462 g/mol. The van der Waals surface area contributed by atoms with Gasteiger partial charge in [-0.1, -0.05) is 41.7 Å². The Kier molecular flexibility index (Phi) is 7.57. The van der Waals surface area contributed by atoms with Gasteiger partial charge in [0.1, 0.15) is 18.2 Å². The fraction of sp³-hybridized carbons (Fsp3) is 0.167. The van der Waals surface area contributed by atoms with E-state index in [1.807, 2.05) is 42.5 Å². The van der Waals surface area contributed by atoms with E-state index in [1.54, 1.807) is 37.7 Å². The van der Waals surface area contributed by atoms with Crippen LogP contribution in [-0.4, -0.2) is 41.4 Å². The molecule has 0 aliphatic carbocycles. The lowest BCUT2D eigenvalue weighted by Crippen LogP contribution is -2.13. The number of nitrogens with zero attached hydrogens (tertiary/aromatic N) is 3. The lowest BCUT2D eigenvalue weighted by Gasteiger charge is -2.14. The van der Waals surface area contributed by atoms with Crippen molar-refractivity contribution < 1.29 is 19.0 Å². The van der Waals surface area contributed by atoms with Crippen LogP contribution in [0, 0.1) is 0 Å². The maximum Gasteiger partial charge on any atom is 0.257 e. The Morgan fingerprint density at radius 1 is 0.939 bits per heavy atom. The number of carbonyl (C=O) groups excluding carboxylic acids is 1. The number of methoxy groups -OCH3 is 1. The van der Waals surface area contributed by atoms with E-state index < -0.39 is 0 Å². The minimum Gasteiger partial charge on any atom is -0.487 e. The second kappa shape index (κ2) is 11.2. The van der Waals surface area contributed by atoms with Crippen LogP contribution in [0.25, 0.3) is 10.6 Å². The van der Waals surface area contributed by atoms with Crippen LogP contribution in [0.5, 0.6) is 11.5 Å². The minimum absolute atomic E-state index is 0.321. The lowest BCUT2D eigenvalue weighted by molar-refractivity contribution is 0.102. The number of anilines is 1. The minimum atomic E-state index is -0.321. The average Bonchev–Trinajstić information content (AvgIpc) is 3.33. The van der Waals surface area contributed by atoms with Crippen molar-refractivity contribution in [3.63, 3.8) is 0 Å². The van der Waals surface area contributed by atoms with Crippen LogP contribution < -0.4 is 14.8 Å². The number of hydrogen-bond acceptors (Lipinski definition) is 8. The summed E-state index contributed by atoms with van der Waals surface area (Å²) in [4.78, 5) is 16.8. The predicted molar refractivity (Wildman–Crippen MR) is 126 cm³/mol. The van der Waals surface area contributed by atoms with Crippen molar-refractivity contribution in [1.82, 2.24) is 15.2 Å². The van der Waals surface area contributed by atoms with E-state index in [4.69, 9.17) is 14.2 Å². The van der Waals surface area contributed by atoms with Crippen LogP contribution in [0.1, 0.15) is 15.9 Å². The Morgan fingerprint density at radius 2 is 1.76 bits per heavy atom. The Labute approximate surface area is 195 Å². The number of pyridine rings is 1. The second-order valence-corrected chi connectivity index (χ2v) is 7.86. The number of hydrogen-bond donors (Lipinski definition) is 1. The van der Waals surface area contributed by atoms with Gasteiger partial charge < -0.3 is 14.2 Å². The zero-order chi connectivity index (χ0) is 22.9. The summed E-state index contributed by atoms with van der Waals surface area (Å²) in [5, 5.41) is 12.1.